The van der Waals surface area contributed by atoms with Crippen molar-refractivity contribution in [3.05, 3.63) is 101 Å². The second-order valence-electron chi connectivity index (χ2n) is 11.4. The van der Waals surface area contributed by atoms with Gasteiger partial charge in [-0.3, -0.25) is 4.90 Å². The molecule has 1 N–H and O–H groups in total. The zero-order chi connectivity index (χ0) is 28.0. The van der Waals surface area contributed by atoms with Gasteiger partial charge in [0.25, 0.3) is 0 Å². The molecule has 0 radical (unpaired) electrons. The molecule has 0 aliphatic carbocycles. The van der Waals surface area contributed by atoms with Crippen LogP contribution in [0.25, 0.3) is 0 Å². The third-order valence-electron chi connectivity index (χ3n) is 7.44. The third kappa shape index (κ3) is 10.4. The van der Waals surface area contributed by atoms with Crippen molar-refractivity contribution in [2.75, 3.05) is 26.3 Å². The molecule has 40 heavy (non-hydrogen) atoms. The van der Waals surface area contributed by atoms with Crippen LogP contribution in [0.3, 0.4) is 0 Å². The summed E-state index contributed by atoms with van der Waals surface area (Å²) < 4.78 is 17.6. The molecule has 4 rings (SSSR count). The lowest BCUT2D eigenvalue weighted by Crippen LogP contribution is -2.35. The van der Waals surface area contributed by atoms with E-state index in [0.717, 1.165) is 68.9 Å². The number of benzene rings is 3. The molecule has 1 aliphatic heterocycles. The smallest absolute Gasteiger partial charge is 0.205 e. The monoisotopic (exact) mass is 545 g/mol. The standard InChI is InChI=1S/C35H47NO4/c1-35(2)39-28-32-25-31(20-21-34(32)40-35)33(37)27-36(26-30-18-9-6-10-19-30)22-12-3-4-13-23-38-24-14-11-17-29-15-7-5-8-16-29/h5-10,15-16,18-21,25,33,37H,3-4,11-14,17,22-24,26-28H2,1-2H3. The molecule has 0 spiro atoms. The van der Waals surface area contributed by atoms with E-state index >= 15 is 0 Å². The zero-order valence-corrected chi connectivity index (χ0v) is 24.4. The normalized spacial score (nSPS) is 15.0. The summed E-state index contributed by atoms with van der Waals surface area (Å²) >= 11 is 0. The number of ether oxygens (including phenoxy) is 3. The van der Waals surface area contributed by atoms with Crippen molar-refractivity contribution in [1.82, 2.24) is 4.90 Å². The van der Waals surface area contributed by atoms with Crippen LogP contribution in [0, 0.1) is 0 Å². The number of aliphatic hydroxyl groups is 1. The Bertz CT molecular complexity index is 1120. The molecule has 0 aromatic heterocycles. The van der Waals surface area contributed by atoms with Gasteiger partial charge in [0.05, 0.1) is 12.7 Å². The number of aliphatic hydroxyl groups excluding tert-OH is 1. The molecule has 1 aliphatic rings. The van der Waals surface area contributed by atoms with Crippen LogP contribution in [0.4, 0.5) is 0 Å². The van der Waals surface area contributed by atoms with E-state index in [9.17, 15) is 5.11 Å². The van der Waals surface area contributed by atoms with Crippen molar-refractivity contribution in [3.63, 3.8) is 0 Å². The van der Waals surface area contributed by atoms with Gasteiger partial charge in [0.2, 0.25) is 5.79 Å². The van der Waals surface area contributed by atoms with Crippen LogP contribution in [0.1, 0.15) is 80.7 Å². The van der Waals surface area contributed by atoms with Crippen molar-refractivity contribution in [3.8, 4) is 5.75 Å². The summed E-state index contributed by atoms with van der Waals surface area (Å²) in [4.78, 5) is 2.37. The van der Waals surface area contributed by atoms with Gasteiger partial charge in [-0.2, -0.15) is 0 Å². The lowest BCUT2D eigenvalue weighted by Gasteiger charge is -2.33. The number of rotatable bonds is 17. The predicted molar refractivity (Wildman–Crippen MR) is 161 cm³/mol. The molecule has 0 amide bonds. The van der Waals surface area contributed by atoms with Crippen LogP contribution in [-0.2, 0) is 29.0 Å². The lowest BCUT2D eigenvalue weighted by molar-refractivity contribution is -0.180. The summed E-state index contributed by atoms with van der Waals surface area (Å²) in [6, 6.07) is 27.2. The molecule has 1 atom stereocenters. The number of aryl methyl sites for hydroxylation is 1. The van der Waals surface area contributed by atoms with Crippen molar-refractivity contribution < 1.29 is 19.3 Å². The first-order chi connectivity index (χ1) is 19.5. The first-order valence-electron chi connectivity index (χ1n) is 15.0. The molecule has 1 unspecified atom stereocenters. The van der Waals surface area contributed by atoms with E-state index in [1.54, 1.807) is 0 Å². The van der Waals surface area contributed by atoms with E-state index in [-0.39, 0.29) is 0 Å². The van der Waals surface area contributed by atoms with Gasteiger partial charge in [-0.1, -0.05) is 79.6 Å². The molecule has 0 fully saturated rings. The fourth-order valence-corrected chi connectivity index (χ4v) is 5.16. The summed E-state index contributed by atoms with van der Waals surface area (Å²) in [5.41, 5.74) is 4.57. The molecular formula is C35H47NO4. The summed E-state index contributed by atoms with van der Waals surface area (Å²) in [6.07, 6.45) is 7.42. The van der Waals surface area contributed by atoms with Crippen molar-refractivity contribution in [1.29, 1.82) is 0 Å². The largest absolute Gasteiger partial charge is 0.463 e. The SMILES string of the molecule is CC1(C)OCc2cc(C(O)CN(CCCCCCOCCCCc3ccccc3)Cc3ccccc3)ccc2O1. The van der Waals surface area contributed by atoms with Crippen LogP contribution in [0.5, 0.6) is 5.75 Å². The van der Waals surface area contributed by atoms with Gasteiger partial charge in [0.1, 0.15) is 5.75 Å². The summed E-state index contributed by atoms with van der Waals surface area (Å²) in [5, 5.41) is 11.2. The highest BCUT2D eigenvalue weighted by Gasteiger charge is 2.28. The molecule has 3 aromatic rings. The molecular weight excluding hydrogens is 498 g/mol. The molecule has 5 nitrogen and oxygen atoms in total. The molecule has 0 bridgehead atoms. The maximum atomic E-state index is 11.2. The van der Waals surface area contributed by atoms with Gasteiger partial charge in [-0.15, -0.1) is 0 Å². The average Bonchev–Trinajstić information content (AvgIpc) is 2.96. The number of nitrogens with zero attached hydrogens (tertiary/aromatic N) is 1. The molecule has 216 valence electrons. The Morgan fingerprint density at radius 1 is 0.825 bits per heavy atom. The zero-order valence-electron chi connectivity index (χ0n) is 24.4. The van der Waals surface area contributed by atoms with Gasteiger partial charge in [0, 0.05) is 45.7 Å². The highest BCUT2D eigenvalue weighted by Crippen LogP contribution is 2.33. The van der Waals surface area contributed by atoms with E-state index in [4.69, 9.17) is 14.2 Å². The fourth-order valence-electron chi connectivity index (χ4n) is 5.16. The molecule has 5 heteroatoms. The fraction of sp³-hybridized carbons (Fsp3) is 0.486. The van der Waals surface area contributed by atoms with E-state index in [1.165, 1.54) is 30.4 Å². The number of hydrogen-bond donors (Lipinski definition) is 1. The van der Waals surface area contributed by atoms with Gasteiger partial charge in [-0.25, -0.2) is 0 Å². The van der Waals surface area contributed by atoms with E-state index in [2.05, 4.69) is 59.5 Å². The van der Waals surface area contributed by atoms with Crippen LogP contribution in [-0.4, -0.2) is 42.1 Å². The van der Waals surface area contributed by atoms with Crippen molar-refractivity contribution in [2.24, 2.45) is 0 Å². The Balaban J connectivity index is 1.16. The Labute approximate surface area is 241 Å². The highest BCUT2D eigenvalue weighted by atomic mass is 16.7. The van der Waals surface area contributed by atoms with Crippen LogP contribution >= 0.6 is 0 Å². The Morgan fingerprint density at radius 2 is 1.50 bits per heavy atom. The highest BCUT2D eigenvalue weighted by molar-refractivity contribution is 5.39. The maximum Gasteiger partial charge on any atom is 0.205 e. The minimum Gasteiger partial charge on any atom is -0.463 e. The Kier molecular flexibility index (Phi) is 12.0. The first kappa shape index (κ1) is 30.3. The van der Waals surface area contributed by atoms with Crippen LogP contribution < -0.4 is 4.74 Å². The minimum atomic E-state index is -0.617. The Morgan fingerprint density at radius 3 is 2.25 bits per heavy atom. The summed E-state index contributed by atoms with van der Waals surface area (Å²) in [7, 11) is 0. The maximum absolute atomic E-state index is 11.2. The van der Waals surface area contributed by atoms with Crippen LogP contribution in [0.2, 0.25) is 0 Å². The topological polar surface area (TPSA) is 51.2 Å². The third-order valence-corrected chi connectivity index (χ3v) is 7.44. The number of hydrogen-bond acceptors (Lipinski definition) is 5. The van der Waals surface area contributed by atoms with Gasteiger partial charge in [-0.05, 0) is 67.5 Å². The molecule has 0 saturated carbocycles. The lowest BCUT2D eigenvalue weighted by atomic mass is 10.0. The molecule has 0 saturated heterocycles. The summed E-state index contributed by atoms with van der Waals surface area (Å²) in [6.45, 7) is 8.41. The minimum absolute atomic E-state index is 0.494. The van der Waals surface area contributed by atoms with Gasteiger partial charge >= 0.3 is 0 Å². The summed E-state index contributed by atoms with van der Waals surface area (Å²) in [5.74, 6) is 0.221. The van der Waals surface area contributed by atoms with Gasteiger partial charge < -0.3 is 19.3 Å². The average molecular weight is 546 g/mol. The number of fused-ring (bicyclic) bond motifs is 1. The van der Waals surface area contributed by atoms with E-state index < -0.39 is 11.9 Å². The van der Waals surface area contributed by atoms with E-state index in [0.29, 0.717) is 13.2 Å². The van der Waals surface area contributed by atoms with Crippen molar-refractivity contribution in [2.45, 2.75) is 83.8 Å². The van der Waals surface area contributed by atoms with Gasteiger partial charge in [0.15, 0.2) is 0 Å². The second-order valence-corrected chi connectivity index (χ2v) is 11.4. The first-order valence-corrected chi connectivity index (χ1v) is 15.0. The second kappa shape index (κ2) is 15.9. The van der Waals surface area contributed by atoms with Crippen molar-refractivity contribution >= 4 is 0 Å². The molecule has 1 heterocycles. The number of unbranched alkanes of at least 4 members (excludes halogenated alkanes) is 4. The molecule has 3 aromatic carbocycles. The van der Waals surface area contributed by atoms with Crippen LogP contribution in [0.15, 0.2) is 78.9 Å². The van der Waals surface area contributed by atoms with E-state index in [1.807, 2.05) is 38.1 Å². The quantitative estimate of drug-likeness (QED) is 0.178. The predicted octanol–water partition coefficient (Wildman–Crippen LogP) is 7.47. The Hall–Kier alpha value is -2.70.